The summed E-state index contributed by atoms with van der Waals surface area (Å²) in [4.78, 5) is 11.3. The molecule has 1 N–H and O–H groups in total. The maximum Gasteiger partial charge on any atom is 0.328 e. The predicted octanol–water partition coefficient (Wildman–Crippen LogP) is 3.44. The second kappa shape index (κ2) is 6.68. The van der Waals surface area contributed by atoms with Gasteiger partial charge >= 0.3 is 5.97 Å². The van der Waals surface area contributed by atoms with Gasteiger partial charge in [0.15, 0.2) is 0 Å². The molecule has 2 rings (SSSR count). The van der Waals surface area contributed by atoms with Crippen molar-refractivity contribution in [1.29, 1.82) is 5.26 Å². The largest absolute Gasteiger partial charge is 0.487 e. The number of carbonyl (C=O) groups is 1. The number of thiophene rings is 1. The molecule has 2 aromatic rings. The standard InChI is InChI=1S/C15H10FNO3S/c16-12-2-1-3-13(11(12)8-17)20-9-14-10(6-7-21-14)4-5-15(18)19/h1-7H,9H2,(H,18,19). The van der Waals surface area contributed by atoms with Crippen molar-refractivity contribution in [3.05, 3.63) is 57.5 Å². The summed E-state index contributed by atoms with van der Waals surface area (Å²) in [7, 11) is 0. The van der Waals surface area contributed by atoms with Gasteiger partial charge in [-0.25, -0.2) is 9.18 Å². The van der Waals surface area contributed by atoms with Gasteiger partial charge in [0.25, 0.3) is 0 Å². The molecule has 0 radical (unpaired) electrons. The van der Waals surface area contributed by atoms with E-state index >= 15 is 0 Å². The summed E-state index contributed by atoms with van der Waals surface area (Å²) in [5.41, 5.74) is 0.578. The van der Waals surface area contributed by atoms with Crippen molar-refractivity contribution in [2.45, 2.75) is 6.61 Å². The van der Waals surface area contributed by atoms with Crippen LogP contribution < -0.4 is 4.74 Å². The van der Waals surface area contributed by atoms with Crippen molar-refractivity contribution in [2.24, 2.45) is 0 Å². The SMILES string of the molecule is N#Cc1c(F)cccc1OCc1sccc1C=CC(=O)O. The fourth-order valence-electron chi connectivity index (χ4n) is 1.65. The van der Waals surface area contributed by atoms with Crippen LogP contribution in [0, 0.1) is 17.1 Å². The molecule has 1 aromatic heterocycles. The fourth-order valence-corrected chi connectivity index (χ4v) is 2.43. The molecule has 106 valence electrons. The monoisotopic (exact) mass is 303 g/mol. The van der Waals surface area contributed by atoms with Crippen molar-refractivity contribution in [3.63, 3.8) is 0 Å². The van der Waals surface area contributed by atoms with E-state index in [1.165, 1.54) is 35.6 Å². The van der Waals surface area contributed by atoms with Gasteiger partial charge < -0.3 is 9.84 Å². The van der Waals surface area contributed by atoms with E-state index in [1.807, 2.05) is 0 Å². The van der Waals surface area contributed by atoms with Crippen molar-refractivity contribution in [1.82, 2.24) is 0 Å². The Hall–Kier alpha value is -2.65. The van der Waals surface area contributed by atoms with E-state index in [2.05, 4.69) is 0 Å². The predicted molar refractivity (Wildman–Crippen MR) is 76.4 cm³/mol. The number of carboxylic acids is 1. The average molecular weight is 303 g/mol. The lowest BCUT2D eigenvalue weighted by Gasteiger charge is -2.07. The summed E-state index contributed by atoms with van der Waals surface area (Å²) in [6.45, 7) is 0.134. The van der Waals surface area contributed by atoms with Crippen LogP contribution in [0.1, 0.15) is 16.0 Å². The molecule has 0 aliphatic carbocycles. The second-order valence-electron chi connectivity index (χ2n) is 3.98. The highest BCUT2D eigenvalue weighted by atomic mass is 32.1. The molecular weight excluding hydrogens is 293 g/mol. The van der Waals surface area contributed by atoms with E-state index in [-0.39, 0.29) is 17.9 Å². The first-order valence-corrected chi connectivity index (χ1v) is 6.78. The summed E-state index contributed by atoms with van der Waals surface area (Å²) in [6.07, 6.45) is 2.50. The third-order valence-electron chi connectivity index (χ3n) is 2.63. The van der Waals surface area contributed by atoms with E-state index < -0.39 is 11.8 Å². The number of nitriles is 1. The van der Waals surface area contributed by atoms with Gasteiger partial charge in [-0.15, -0.1) is 11.3 Å². The zero-order valence-corrected chi connectivity index (χ0v) is 11.6. The molecule has 0 saturated carbocycles. The van der Waals surface area contributed by atoms with Gasteiger partial charge in [-0.1, -0.05) is 6.07 Å². The van der Waals surface area contributed by atoms with Crippen LogP contribution >= 0.6 is 11.3 Å². The summed E-state index contributed by atoms with van der Waals surface area (Å²) >= 11 is 1.39. The van der Waals surface area contributed by atoms with E-state index in [9.17, 15) is 9.18 Å². The Morgan fingerprint density at radius 3 is 3.00 bits per heavy atom. The molecule has 4 nitrogen and oxygen atoms in total. The lowest BCUT2D eigenvalue weighted by atomic mass is 10.2. The van der Waals surface area contributed by atoms with E-state index in [1.54, 1.807) is 17.5 Å². The first kappa shape index (κ1) is 14.8. The Balaban J connectivity index is 2.15. The summed E-state index contributed by atoms with van der Waals surface area (Å²) in [5, 5.41) is 19.3. The molecule has 0 spiro atoms. The number of hydrogen-bond donors (Lipinski definition) is 1. The van der Waals surface area contributed by atoms with Crippen LogP contribution in [0.4, 0.5) is 4.39 Å². The molecule has 1 aromatic carbocycles. The number of nitrogens with zero attached hydrogens (tertiary/aromatic N) is 1. The fraction of sp³-hybridized carbons (Fsp3) is 0.0667. The van der Waals surface area contributed by atoms with E-state index in [0.717, 1.165) is 16.5 Å². The van der Waals surface area contributed by atoms with Gasteiger partial charge in [0.1, 0.15) is 29.8 Å². The quantitative estimate of drug-likeness (QED) is 0.859. The van der Waals surface area contributed by atoms with E-state index in [4.69, 9.17) is 15.1 Å². The number of carboxylic acid groups (broad SMARTS) is 1. The third kappa shape index (κ3) is 3.68. The molecule has 0 aliphatic heterocycles. The zero-order valence-electron chi connectivity index (χ0n) is 10.7. The smallest absolute Gasteiger partial charge is 0.328 e. The van der Waals surface area contributed by atoms with Crippen LogP contribution in [0.2, 0.25) is 0 Å². The molecular formula is C15H10FNO3S. The first-order chi connectivity index (χ1) is 10.1. The number of halogens is 1. The van der Waals surface area contributed by atoms with Crippen LogP contribution in [0.25, 0.3) is 6.08 Å². The molecule has 0 saturated heterocycles. The van der Waals surface area contributed by atoms with E-state index in [0.29, 0.717) is 0 Å². The highest BCUT2D eigenvalue weighted by molar-refractivity contribution is 7.10. The number of ether oxygens (including phenoxy) is 1. The molecule has 21 heavy (non-hydrogen) atoms. The molecule has 0 atom stereocenters. The summed E-state index contributed by atoms with van der Waals surface area (Å²) in [6, 6.07) is 7.70. The Bertz CT molecular complexity index is 731. The van der Waals surface area contributed by atoms with Gasteiger partial charge in [-0.3, -0.25) is 0 Å². The molecule has 0 bridgehead atoms. The lowest BCUT2D eigenvalue weighted by molar-refractivity contribution is -0.131. The minimum absolute atomic E-state index is 0.134. The molecule has 0 amide bonds. The van der Waals surface area contributed by atoms with Crippen LogP contribution in [-0.4, -0.2) is 11.1 Å². The van der Waals surface area contributed by atoms with Crippen LogP contribution in [0.5, 0.6) is 5.75 Å². The van der Waals surface area contributed by atoms with Crippen molar-refractivity contribution >= 4 is 23.4 Å². The van der Waals surface area contributed by atoms with Crippen LogP contribution in [-0.2, 0) is 11.4 Å². The summed E-state index contributed by atoms with van der Waals surface area (Å²) in [5.74, 6) is -1.50. The highest BCUT2D eigenvalue weighted by Gasteiger charge is 2.10. The van der Waals surface area contributed by atoms with Crippen molar-refractivity contribution in [2.75, 3.05) is 0 Å². The number of aliphatic carboxylic acids is 1. The first-order valence-electron chi connectivity index (χ1n) is 5.90. The van der Waals surface area contributed by atoms with Crippen molar-refractivity contribution in [3.8, 4) is 11.8 Å². The van der Waals surface area contributed by atoms with Gasteiger partial charge in [-0.2, -0.15) is 5.26 Å². The molecule has 0 fully saturated rings. The Morgan fingerprint density at radius 2 is 2.29 bits per heavy atom. The third-order valence-corrected chi connectivity index (χ3v) is 3.54. The van der Waals surface area contributed by atoms with Gasteiger partial charge in [-0.05, 0) is 35.2 Å². The second-order valence-corrected chi connectivity index (χ2v) is 4.98. The normalized spacial score (nSPS) is 10.5. The highest BCUT2D eigenvalue weighted by Crippen LogP contribution is 2.24. The number of rotatable bonds is 5. The lowest BCUT2D eigenvalue weighted by Crippen LogP contribution is -1.98. The molecule has 0 aliphatic rings. The molecule has 0 unspecified atom stereocenters. The Morgan fingerprint density at radius 1 is 1.48 bits per heavy atom. The average Bonchev–Trinajstić information content (AvgIpc) is 2.90. The zero-order chi connectivity index (χ0) is 15.2. The number of hydrogen-bond acceptors (Lipinski definition) is 4. The maximum atomic E-state index is 13.4. The minimum atomic E-state index is -1.04. The van der Waals surface area contributed by atoms with Crippen molar-refractivity contribution < 1.29 is 19.0 Å². The summed E-state index contributed by atoms with van der Waals surface area (Å²) < 4.78 is 18.9. The molecule has 1 heterocycles. The van der Waals surface area contributed by atoms with Crippen LogP contribution in [0.15, 0.2) is 35.7 Å². The van der Waals surface area contributed by atoms with Gasteiger partial charge in [0.2, 0.25) is 0 Å². The Labute approximate surface area is 124 Å². The molecule has 6 heteroatoms. The minimum Gasteiger partial charge on any atom is -0.487 e. The van der Waals surface area contributed by atoms with Crippen LogP contribution in [0.3, 0.4) is 0 Å². The van der Waals surface area contributed by atoms with Gasteiger partial charge in [0, 0.05) is 11.0 Å². The van der Waals surface area contributed by atoms with Gasteiger partial charge in [0.05, 0.1) is 0 Å². The number of benzene rings is 1. The maximum absolute atomic E-state index is 13.4. The Kier molecular flexibility index (Phi) is 4.69. The topological polar surface area (TPSA) is 70.3 Å².